The van der Waals surface area contributed by atoms with Crippen LogP contribution in [0.15, 0.2) is 66.7 Å². The molecule has 0 heterocycles. The lowest BCUT2D eigenvalue weighted by Crippen LogP contribution is -2.47. The first-order chi connectivity index (χ1) is 20.7. The second-order valence-corrected chi connectivity index (χ2v) is 10.3. The Balaban J connectivity index is 1.82. The number of amides is 2. The summed E-state index contributed by atoms with van der Waals surface area (Å²) in [6.07, 6.45) is 4.86. The van der Waals surface area contributed by atoms with Crippen LogP contribution in [0.5, 0.6) is 11.5 Å². The maximum atomic E-state index is 14.3. The lowest BCUT2D eigenvalue weighted by Gasteiger charge is -2.33. The molecule has 43 heavy (non-hydrogen) atoms. The highest BCUT2D eigenvalue weighted by Crippen LogP contribution is 2.31. The lowest BCUT2D eigenvalue weighted by molar-refractivity contribution is -0.385. The summed E-state index contributed by atoms with van der Waals surface area (Å²) in [6, 6.07) is 15.2. The van der Waals surface area contributed by atoms with Gasteiger partial charge in [-0.1, -0.05) is 31.4 Å². The van der Waals surface area contributed by atoms with E-state index in [9.17, 15) is 29.8 Å². The second kappa shape index (κ2) is 14.3. The molecule has 3 aromatic carbocycles. The van der Waals surface area contributed by atoms with Crippen LogP contribution in [0.2, 0.25) is 0 Å². The Morgan fingerprint density at radius 3 is 2.21 bits per heavy atom. The van der Waals surface area contributed by atoms with Gasteiger partial charge in [0.1, 0.15) is 23.1 Å². The number of non-ortho nitro benzene ring substituents is 1. The highest BCUT2D eigenvalue weighted by molar-refractivity contribution is 6.01. The first-order valence-electron chi connectivity index (χ1n) is 14.0. The molecule has 1 saturated carbocycles. The number of nitrogens with one attached hydrogen (secondary N) is 1. The van der Waals surface area contributed by atoms with Gasteiger partial charge < -0.3 is 19.7 Å². The number of nitro groups is 2. The van der Waals surface area contributed by atoms with E-state index < -0.39 is 33.4 Å². The molecule has 1 unspecified atom stereocenters. The minimum absolute atomic E-state index is 0.000105. The first kappa shape index (κ1) is 30.9. The van der Waals surface area contributed by atoms with E-state index in [4.69, 9.17) is 9.47 Å². The average molecular weight is 591 g/mol. The largest absolute Gasteiger partial charge is 0.497 e. The molecule has 12 nitrogen and oxygen atoms in total. The number of benzene rings is 3. The fraction of sp³-hybridized carbons (Fsp3) is 0.355. The minimum atomic E-state index is -1.23. The molecular weight excluding hydrogens is 556 g/mol. The van der Waals surface area contributed by atoms with Crippen LogP contribution >= 0.6 is 0 Å². The lowest BCUT2D eigenvalue weighted by atomic mass is 9.94. The quantitative estimate of drug-likeness (QED) is 0.217. The maximum Gasteiger partial charge on any atom is 0.282 e. The first-order valence-corrected chi connectivity index (χ1v) is 14.0. The van der Waals surface area contributed by atoms with Crippen molar-refractivity contribution < 1.29 is 28.9 Å². The van der Waals surface area contributed by atoms with Crippen molar-refractivity contribution in [2.75, 3.05) is 20.8 Å². The molecule has 1 N–H and O–H groups in total. The Kier molecular flexibility index (Phi) is 10.3. The van der Waals surface area contributed by atoms with Gasteiger partial charge in [0.15, 0.2) is 0 Å². The molecule has 2 amide bonds. The zero-order valence-corrected chi connectivity index (χ0v) is 24.1. The van der Waals surface area contributed by atoms with Crippen molar-refractivity contribution in [3.63, 3.8) is 0 Å². The highest BCUT2D eigenvalue weighted by atomic mass is 16.6. The van der Waals surface area contributed by atoms with Crippen molar-refractivity contribution >= 4 is 23.2 Å². The van der Waals surface area contributed by atoms with Crippen molar-refractivity contribution in [3.05, 3.63) is 104 Å². The number of carbonyl (C=O) groups excluding carboxylic acids is 2. The Labute approximate surface area is 248 Å². The van der Waals surface area contributed by atoms with Crippen molar-refractivity contribution in [1.29, 1.82) is 0 Å². The van der Waals surface area contributed by atoms with Crippen LogP contribution in [-0.2, 0) is 11.2 Å². The SMILES string of the molecule is COc1cccc(CCN(C(=O)c2cc(OC)ccc2[N+](=O)[O-])C(C(=O)NC2CCCCC2)c2ccc([N+](=O)[O-])cc2)c1. The fourth-order valence-electron chi connectivity index (χ4n) is 5.33. The molecule has 12 heteroatoms. The number of hydrogen-bond acceptors (Lipinski definition) is 8. The number of ether oxygens (including phenoxy) is 2. The van der Waals surface area contributed by atoms with Gasteiger partial charge in [0.2, 0.25) is 5.91 Å². The van der Waals surface area contributed by atoms with Gasteiger partial charge in [0, 0.05) is 30.8 Å². The van der Waals surface area contributed by atoms with Gasteiger partial charge in [-0.15, -0.1) is 0 Å². The van der Waals surface area contributed by atoms with E-state index in [2.05, 4.69) is 5.32 Å². The molecule has 3 aromatic rings. The highest BCUT2D eigenvalue weighted by Gasteiger charge is 2.36. The van der Waals surface area contributed by atoms with Gasteiger partial charge in [-0.05, 0) is 66.8 Å². The summed E-state index contributed by atoms with van der Waals surface area (Å²) >= 11 is 0. The predicted molar refractivity (Wildman–Crippen MR) is 158 cm³/mol. The zero-order valence-electron chi connectivity index (χ0n) is 24.1. The molecule has 4 rings (SSSR count). The molecule has 0 aromatic heterocycles. The molecule has 1 atom stereocenters. The number of hydrogen-bond donors (Lipinski definition) is 1. The summed E-state index contributed by atoms with van der Waals surface area (Å²) in [4.78, 5) is 51.8. The summed E-state index contributed by atoms with van der Waals surface area (Å²) in [7, 11) is 2.92. The van der Waals surface area contributed by atoms with Crippen molar-refractivity contribution in [1.82, 2.24) is 10.2 Å². The molecule has 0 spiro atoms. The summed E-state index contributed by atoms with van der Waals surface area (Å²) < 4.78 is 10.6. The van der Waals surface area contributed by atoms with Crippen LogP contribution < -0.4 is 14.8 Å². The van der Waals surface area contributed by atoms with Gasteiger partial charge >= 0.3 is 0 Å². The Morgan fingerprint density at radius 2 is 1.58 bits per heavy atom. The normalized spacial score (nSPS) is 13.9. The number of nitro benzene ring substituents is 2. The standard InChI is InChI=1S/C31H34N4O8/c1-42-25-10-6-7-21(19-25)17-18-33(31(37)27-20-26(43-2)15-16-28(27)35(40)41)29(22-11-13-24(14-12-22)34(38)39)30(36)32-23-8-4-3-5-9-23/h6-7,10-16,19-20,23,29H,3-5,8-9,17-18H2,1-2H3,(H,32,36). The third-order valence-corrected chi connectivity index (χ3v) is 7.60. The van der Waals surface area contributed by atoms with Crippen LogP contribution in [0.25, 0.3) is 0 Å². The number of methoxy groups -OCH3 is 2. The molecule has 226 valence electrons. The zero-order chi connectivity index (χ0) is 30.9. The topological polar surface area (TPSA) is 154 Å². The molecular formula is C31H34N4O8. The fourth-order valence-corrected chi connectivity index (χ4v) is 5.33. The third kappa shape index (κ3) is 7.64. The average Bonchev–Trinajstić information content (AvgIpc) is 3.02. The van der Waals surface area contributed by atoms with E-state index in [0.29, 0.717) is 17.7 Å². The summed E-state index contributed by atoms with van der Waals surface area (Å²) in [5.41, 5.74) is 0.295. The second-order valence-electron chi connectivity index (χ2n) is 10.3. The van der Waals surface area contributed by atoms with Crippen LogP contribution in [0.1, 0.15) is 59.6 Å². The monoisotopic (exact) mass is 590 g/mol. The predicted octanol–water partition coefficient (Wildman–Crippen LogP) is 5.40. The Morgan fingerprint density at radius 1 is 0.907 bits per heavy atom. The van der Waals surface area contributed by atoms with Gasteiger partial charge in [-0.25, -0.2) is 0 Å². The van der Waals surface area contributed by atoms with Crippen molar-refractivity contribution in [2.24, 2.45) is 0 Å². The maximum absolute atomic E-state index is 14.3. The molecule has 1 aliphatic carbocycles. The summed E-state index contributed by atoms with van der Waals surface area (Å²) in [6.45, 7) is 0.000105. The van der Waals surface area contributed by atoms with Gasteiger partial charge in [-0.2, -0.15) is 0 Å². The van der Waals surface area contributed by atoms with Crippen LogP contribution in [0.4, 0.5) is 11.4 Å². The van der Waals surface area contributed by atoms with Crippen LogP contribution in [0.3, 0.4) is 0 Å². The van der Waals surface area contributed by atoms with E-state index in [-0.39, 0.29) is 29.6 Å². The van der Waals surface area contributed by atoms with Crippen molar-refractivity contribution in [3.8, 4) is 11.5 Å². The Hall–Kier alpha value is -5.00. The molecule has 0 radical (unpaired) electrons. The van der Waals surface area contributed by atoms with Gasteiger partial charge in [-0.3, -0.25) is 29.8 Å². The summed E-state index contributed by atoms with van der Waals surface area (Å²) in [5.74, 6) is -0.373. The molecule has 0 aliphatic heterocycles. The summed E-state index contributed by atoms with van der Waals surface area (Å²) in [5, 5.41) is 26.4. The molecule has 1 fully saturated rings. The number of rotatable bonds is 12. The Bertz CT molecular complexity index is 1470. The van der Waals surface area contributed by atoms with Crippen LogP contribution in [-0.4, -0.2) is 53.4 Å². The minimum Gasteiger partial charge on any atom is -0.497 e. The van der Waals surface area contributed by atoms with Crippen molar-refractivity contribution in [2.45, 2.75) is 50.6 Å². The number of nitrogens with zero attached hydrogens (tertiary/aromatic N) is 3. The third-order valence-electron chi connectivity index (χ3n) is 7.60. The van der Waals surface area contributed by atoms with E-state index >= 15 is 0 Å². The smallest absolute Gasteiger partial charge is 0.282 e. The van der Waals surface area contributed by atoms with Gasteiger partial charge in [0.05, 0.1) is 24.1 Å². The van der Waals surface area contributed by atoms with Crippen LogP contribution in [0, 0.1) is 20.2 Å². The molecule has 0 saturated heterocycles. The molecule has 1 aliphatic rings. The molecule has 0 bridgehead atoms. The van der Waals surface area contributed by atoms with E-state index in [1.165, 1.54) is 61.6 Å². The van der Waals surface area contributed by atoms with Gasteiger partial charge in [0.25, 0.3) is 17.3 Å². The van der Waals surface area contributed by atoms with E-state index in [0.717, 1.165) is 37.7 Å². The number of carbonyl (C=O) groups is 2. The van der Waals surface area contributed by atoms with E-state index in [1.54, 1.807) is 18.2 Å². The van der Waals surface area contributed by atoms with E-state index in [1.807, 2.05) is 6.07 Å².